The molecule has 2 rings (SSSR count). The van der Waals surface area contributed by atoms with Gasteiger partial charge in [-0.15, -0.1) is 0 Å². The van der Waals surface area contributed by atoms with Gasteiger partial charge in [0, 0.05) is 5.56 Å². The molecule has 1 N–H and O–H groups in total. The Hall–Kier alpha value is -1.91. The van der Waals surface area contributed by atoms with Crippen molar-refractivity contribution in [2.75, 3.05) is 11.4 Å². The van der Waals surface area contributed by atoms with E-state index in [-0.39, 0.29) is 24.2 Å². The molecule has 5 heteroatoms. The summed E-state index contributed by atoms with van der Waals surface area (Å²) in [6.45, 7) is 3.37. The van der Waals surface area contributed by atoms with E-state index in [1.807, 2.05) is 6.92 Å². The third kappa shape index (κ3) is 2.08. The Labute approximate surface area is 105 Å². The van der Waals surface area contributed by atoms with E-state index in [4.69, 9.17) is 0 Å². The summed E-state index contributed by atoms with van der Waals surface area (Å²) < 4.78 is 13.5. The lowest BCUT2D eigenvalue weighted by Gasteiger charge is -2.32. The van der Waals surface area contributed by atoms with Gasteiger partial charge in [-0.25, -0.2) is 4.39 Å². The van der Waals surface area contributed by atoms with Crippen LogP contribution in [0.1, 0.15) is 18.9 Å². The summed E-state index contributed by atoms with van der Waals surface area (Å²) in [5.41, 5.74) is 0.851. The van der Waals surface area contributed by atoms with E-state index in [2.05, 4.69) is 5.32 Å². The number of nitrogens with zero attached hydrogens (tertiary/aromatic N) is 1. The molecule has 4 nitrogen and oxygen atoms in total. The first kappa shape index (κ1) is 12.5. The highest BCUT2D eigenvalue weighted by Gasteiger charge is 2.33. The first-order chi connectivity index (χ1) is 8.54. The number of hydrogen-bond acceptors (Lipinski definition) is 2. The summed E-state index contributed by atoms with van der Waals surface area (Å²) in [4.78, 5) is 25.1. The number of amides is 2. The van der Waals surface area contributed by atoms with E-state index in [9.17, 15) is 14.0 Å². The quantitative estimate of drug-likeness (QED) is 0.862. The zero-order valence-electron chi connectivity index (χ0n) is 10.4. The Bertz CT molecular complexity index is 502. The maximum Gasteiger partial charge on any atom is 0.250 e. The van der Waals surface area contributed by atoms with Crippen LogP contribution in [-0.4, -0.2) is 24.4 Å². The van der Waals surface area contributed by atoms with Crippen LogP contribution in [0.3, 0.4) is 0 Å². The average Bonchev–Trinajstić information content (AvgIpc) is 2.35. The van der Waals surface area contributed by atoms with Crippen LogP contribution in [0.25, 0.3) is 0 Å². The summed E-state index contributed by atoms with van der Waals surface area (Å²) >= 11 is 0. The van der Waals surface area contributed by atoms with Gasteiger partial charge in [-0.3, -0.25) is 9.59 Å². The highest BCUT2D eigenvalue weighted by atomic mass is 19.1. The van der Waals surface area contributed by atoms with Crippen molar-refractivity contribution >= 4 is 17.5 Å². The molecule has 0 aromatic heterocycles. The molecule has 96 valence electrons. The van der Waals surface area contributed by atoms with Crippen LogP contribution in [0.15, 0.2) is 18.2 Å². The van der Waals surface area contributed by atoms with Gasteiger partial charge >= 0.3 is 0 Å². The van der Waals surface area contributed by atoms with Crippen LogP contribution in [0.2, 0.25) is 0 Å². The fraction of sp³-hybridized carbons (Fsp3) is 0.385. The Morgan fingerprint density at radius 2 is 2.17 bits per heavy atom. The maximum absolute atomic E-state index is 13.5. The molecule has 0 radical (unpaired) electrons. The minimum absolute atomic E-state index is 0.0559. The lowest BCUT2D eigenvalue weighted by atomic mass is 10.1. The normalized spacial score (nSPS) is 19.9. The van der Waals surface area contributed by atoms with Gasteiger partial charge < -0.3 is 10.2 Å². The second-order valence-corrected chi connectivity index (χ2v) is 4.34. The van der Waals surface area contributed by atoms with Gasteiger partial charge in [-0.2, -0.15) is 0 Å². The topological polar surface area (TPSA) is 49.4 Å². The van der Waals surface area contributed by atoms with Crippen LogP contribution < -0.4 is 10.2 Å². The zero-order chi connectivity index (χ0) is 13.3. The molecule has 1 aromatic rings. The van der Waals surface area contributed by atoms with Gasteiger partial charge in [0.25, 0.3) is 0 Å². The molecule has 1 aliphatic heterocycles. The first-order valence-corrected chi connectivity index (χ1v) is 5.90. The number of carbonyl (C=O) groups is 2. The van der Waals surface area contributed by atoms with Gasteiger partial charge in [-0.05, 0) is 25.5 Å². The second-order valence-electron chi connectivity index (χ2n) is 4.34. The molecule has 0 spiro atoms. The monoisotopic (exact) mass is 250 g/mol. The summed E-state index contributed by atoms with van der Waals surface area (Å²) in [6.07, 6.45) is 0.523. The smallest absolute Gasteiger partial charge is 0.250 e. The summed E-state index contributed by atoms with van der Waals surface area (Å²) in [5, 5.41) is 2.63. The molecule has 1 aromatic carbocycles. The van der Waals surface area contributed by atoms with Gasteiger partial charge in [-0.1, -0.05) is 13.0 Å². The highest BCUT2D eigenvalue weighted by Crippen LogP contribution is 2.24. The lowest BCUT2D eigenvalue weighted by Crippen LogP contribution is -2.58. The van der Waals surface area contributed by atoms with Crippen LogP contribution in [0, 0.1) is 12.7 Å². The maximum atomic E-state index is 13.5. The number of anilines is 1. The Morgan fingerprint density at radius 3 is 2.83 bits per heavy atom. The summed E-state index contributed by atoms with van der Waals surface area (Å²) in [6, 6.07) is 4.01. The molecule has 1 aliphatic rings. The van der Waals surface area contributed by atoms with Crippen molar-refractivity contribution in [3.63, 3.8) is 0 Å². The van der Waals surface area contributed by atoms with E-state index >= 15 is 0 Å². The van der Waals surface area contributed by atoms with E-state index in [1.165, 1.54) is 11.0 Å². The van der Waals surface area contributed by atoms with E-state index < -0.39 is 6.04 Å². The van der Waals surface area contributed by atoms with Crippen molar-refractivity contribution in [3.05, 3.63) is 29.6 Å². The third-order valence-corrected chi connectivity index (χ3v) is 3.14. The molecule has 1 unspecified atom stereocenters. The number of halogens is 1. The van der Waals surface area contributed by atoms with Gasteiger partial charge in [0.15, 0.2) is 0 Å². The van der Waals surface area contributed by atoms with Gasteiger partial charge in [0.2, 0.25) is 11.8 Å². The van der Waals surface area contributed by atoms with Crippen molar-refractivity contribution in [1.82, 2.24) is 5.32 Å². The van der Waals surface area contributed by atoms with Crippen molar-refractivity contribution in [1.29, 1.82) is 0 Å². The third-order valence-electron chi connectivity index (χ3n) is 3.14. The number of benzene rings is 1. The zero-order valence-corrected chi connectivity index (χ0v) is 10.4. The minimum Gasteiger partial charge on any atom is -0.343 e. The van der Waals surface area contributed by atoms with Crippen molar-refractivity contribution < 1.29 is 14.0 Å². The molecule has 0 bridgehead atoms. The number of carbonyl (C=O) groups excluding carboxylic acids is 2. The van der Waals surface area contributed by atoms with Crippen molar-refractivity contribution in [2.24, 2.45) is 0 Å². The minimum atomic E-state index is -0.520. The molecule has 0 saturated carbocycles. The SMILES string of the molecule is CCC1NC(=O)CN(c2cccc(F)c2C)C1=O. The first-order valence-electron chi connectivity index (χ1n) is 5.90. The number of hydrogen-bond donors (Lipinski definition) is 1. The summed E-state index contributed by atoms with van der Waals surface area (Å²) in [7, 11) is 0. The van der Waals surface area contributed by atoms with Crippen LogP contribution in [-0.2, 0) is 9.59 Å². The molecule has 1 heterocycles. The molecular formula is C13H15FN2O2. The predicted molar refractivity (Wildman–Crippen MR) is 65.7 cm³/mol. The van der Waals surface area contributed by atoms with E-state index in [0.29, 0.717) is 17.7 Å². The van der Waals surface area contributed by atoms with Crippen LogP contribution in [0.4, 0.5) is 10.1 Å². The van der Waals surface area contributed by atoms with Gasteiger partial charge in [0.1, 0.15) is 18.4 Å². The van der Waals surface area contributed by atoms with Crippen LogP contribution >= 0.6 is 0 Å². The largest absolute Gasteiger partial charge is 0.343 e. The van der Waals surface area contributed by atoms with E-state index in [1.54, 1.807) is 19.1 Å². The molecule has 1 saturated heterocycles. The average molecular weight is 250 g/mol. The lowest BCUT2D eigenvalue weighted by molar-refractivity contribution is -0.131. The Balaban J connectivity index is 2.39. The molecule has 18 heavy (non-hydrogen) atoms. The number of rotatable bonds is 2. The van der Waals surface area contributed by atoms with Crippen molar-refractivity contribution in [2.45, 2.75) is 26.3 Å². The Kier molecular flexibility index (Phi) is 3.32. The van der Waals surface area contributed by atoms with E-state index in [0.717, 1.165) is 0 Å². The number of piperazine rings is 1. The molecule has 2 amide bonds. The predicted octanol–water partition coefficient (Wildman–Crippen LogP) is 1.38. The summed E-state index contributed by atoms with van der Waals surface area (Å²) in [5.74, 6) is -0.782. The number of nitrogens with one attached hydrogen (secondary N) is 1. The molecule has 1 atom stereocenters. The molecule has 1 fully saturated rings. The standard InChI is InChI=1S/C13H15FN2O2/c1-3-10-13(18)16(7-12(17)15-10)11-6-4-5-9(14)8(11)2/h4-6,10H,3,7H2,1-2H3,(H,15,17). The fourth-order valence-electron chi connectivity index (χ4n) is 2.08. The molecule has 0 aliphatic carbocycles. The molecular weight excluding hydrogens is 235 g/mol. The van der Waals surface area contributed by atoms with Gasteiger partial charge in [0.05, 0.1) is 5.69 Å². The fourth-order valence-corrected chi connectivity index (χ4v) is 2.08. The van der Waals surface area contributed by atoms with Crippen molar-refractivity contribution in [3.8, 4) is 0 Å². The Morgan fingerprint density at radius 1 is 1.44 bits per heavy atom. The second kappa shape index (κ2) is 4.76. The highest BCUT2D eigenvalue weighted by molar-refractivity contribution is 6.06. The van der Waals surface area contributed by atoms with Crippen LogP contribution in [0.5, 0.6) is 0 Å².